The van der Waals surface area contributed by atoms with Gasteiger partial charge in [0.05, 0.1) is 26.1 Å². The highest BCUT2D eigenvalue weighted by atomic mass is 19.1. The third-order valence-corrected chi connectivity index (χ3v) is 4.80. The number of nitrogens with zero attached hydrogens (tertiary/aromatic N) is 2. The average molecular weight is 383 g/mol. The van der Waals surface area contributed by atoms with Crippen LogP contribution in [0, 0.1) is 5.82 Å². The van der Waals surface area contributed by atoms with Gasteiger partial charge in [0.2, 0.25) is 11.7 Å². The highest BCUT2D eigenvalue weighted by Crippen LogP contribution is 2.44. The lowest BCUT2D eigenvalue weighted by Gasteiger charge is -2.24. The van der Waals surface area contributed by atoms with Crippen molar-refractivity contribution in [3.05, 3.63) is 59.5 Å². The van der Waals surface area contributed by atoms with Crippen LogP contribution in [0.3, 0.4) is 0 Å². The number of phenolic OH excluding ortho intramolecular Hbond substituents is 1. The molecule has 0 spiro atoms. The van der Waals surface area contributed by atoms with Crippen molar-refractivity contribution in [1.29, 1.82) is 0 Å². The number of carbonyl (C=O) groups is 1. The number of methoxy groups -OCH3 is 2. The lowest BCUT2D eigenvalue weighted by Crippen LogP contribution is -2.24. The monoisotopic (exact) mass is 383 g/mol. The number of hydrogen-bond acceptors (Lipinski definition) is 5. The molecule has 0 bridgehead atoms. The Balaban J connectivity index is 1.82. The highest BCUT2D eigenvalue weighted by Gasteiger charge is 2.31. The van der Waals surface area contributed by atoms with Crippen molar-refractivity contribution in [2.75, 3.05) is 19.5 Å². The van der Waals surface area contributed by atoms with Gasteiger partial charge in [0, 0.05) is 17.9 Å². The summed E-state index contributed by atoms with van der Waals surface area (Å²) in [6.07, 6.45) is 1.88. The normalized spacial score (nSPS) is 15.7. The van der Waals surface area contributed by atoms with Gasteiger partial charge in [-0.05, 0) is 42.0 Å². The molecule has 2 aromatic carbocycles. The lowest BCUT2D eigenvalue weighted by molar-refractivity contribution is -0.116. The predicted octanol–water partition coefficient (Wildman–Crippen LogP) is 3.21. The number of hydrogen-bond donors (Lipinski definition) is 2. The van der Waals surface area contributed by atoms with Crippen LogP contribution in [0.5, 0.6) is 17.2 Å². The average Bonchev–Trinajstić information content (AvgIpc) is 3.12. The van der Waals surface area contributed by atoms with E-state index < -0.39 is 0 Å². The molecule has 1 aromatic heterocycles. The second-order valence-corrected chi connectivity index (χ2v) is 6.42. The molecule has 1 amide bonds. The van der Waals surface area contributed by atoms with E-state index in [1.54, 1.807) is 35.1 Å². The Morgan fingerprint density at radius 3 is 2.43 bits per heavy atom. The van der Waals surface area contributed by atoms with Gasteiger partial charge in [0.15, 0.2) is 11.5 Å². The van der Waals surface area contributed by atoms with E-state index in [0.717, 1.165) is 11.1 Å². The van der Waals surface area contributed by atoms with Crippen LogP contribution in [0.4, 0.5) is 10.2 Å². The number of fused-ring (bicyclic) bond motifs is 1. The molecule has 0 unspecified atom stereocenters. The van der Waals surface area contributed by atoms with E-state index in [0.29, 0.717) is 11.5 Å². The predicted molar refractivity (Wildman–Crippen MR) is 99.8 cm³/mol. The van der Waals surface area contributed by atoms with E-state index in [-0.39, 0.29) is 41.3 Å². The number of aromatic hydroxyl groups is 1. The number of nitrogens with one attached hydrogen (secondary N) is 1. The van der Waals surface area contributed by atoms with E-state index >= 15 is 0 Å². The van der Waals surface area contributed by atoms with Crippen LogP contribution >= 0.6 is 0 Å². The van der Waals surface area contributed by atoms with Crippen molar-refractivity contribution in [3.63, 3.8) is 0 Å². The maximum atomic E-state index is 13.2. The molecule has 4 rings (SSSR count). The number of aromatic nitrogens is 2. The number of benzene rings is 2. The second kappa shape index (κ2) is 6.88. The molecule has 0 fully saturated rings. The Morgan fingerprint density at radius 2 is 1.82 bits per heavy atom. The van der Waals surface area contributed by atoms with Crippen LogP contribution in [0.15, 0.2) is 42.6 Å². The lowest BCUT2D eigenvalue weighted by atomic mass is 9.87. The van der Waals surface area contributed by atoms with Crippen molar-refractivity contribution in [1.82, 2.24) is 9.78 Å². The highest BCUT2D eigenvalue weighted by molar-refractivity contribution is 5.94. The fourth-order valence-corrected chi connectivity index (χ4v) is 3.41. The van der Waals surface area contributed by atoms with E-state index in [2.05, 4.69) is 10.4 Å². The second-order valence-electron chi connectivity index (χ2n) is 6.42. The minimum Gasteiger partial charge on any atom is -0.502 e. The van der Waals surface area contributed by atoms with E-state index in [4.69, 9.17) is 9.47 Å². The molecule has 7 nitrogen and oxygen atoms in total. The first kappa shape index (κ1) is 17.8. The smallest absolute Gasteiger partial charge is 0.226 e. The van der Waals surface area contributed by atoms with Crippen LogP contribution in [0.2, 0.25) is 0 Å². The Labute approximate surface area is 160 Å². The van der Waals surface area contributed by atoms with Crippen LogP contribution in [-0.2, 0) is 4.79 Å². The Morgan fingerprint density at radius 1 is 1.18 bits per heavy atom. The van der Waals surface area contributed by atoms with Gasteiger partial charge >= 0.3 is 0 Å². The van der Waals surface area contributed by atoms with Gasteiger partial charge in [-0.15, -0.1) is 0 Å². The summed E-state index contributed by atoms with van der Waals surface area (Å²) in [7, 11) is 2.90. The van der Waals surface area contributed by atoms with Crippen molar-refractivity contribution in [2.45, 2.75) is 12.3 Å². The minimum absolute atomic E-state index is 0.101. The molecule has 0 radical (unpaired) electrons. The molecule has 8 heteroatoms. The Bertz CT molecular complexity index is 1020. The summed E-state index contributed by atoms with van der Waals surface area (Å²) < 4.78 is 25.3. The number of amides is 1. The minimum atomic E-state index is -0.352. The molecule has 28 heavy (non-hydrogen) atoms. The van der Waals surface area contributed by atoms with Gasteiger partial charge in [-0.2, -0.15) is 5.10 Å². The number of anilines is 1. The van der Waals surface area contributed by atoms with Crippen LogP contribution in [0.25, 0.3) is 5.69 Å². The first-order valence-electron chi connectivity index (χ1n) is 8.60. The van der Waals surface area contributed by atoms with E-state index in [1.807, 2.05) is 0 Å². The SMILES string of the molecule is COc1cc([C@@H]2CC(=O)Nc3c2cnn3-c2ccc(F)cc2)cc(OC)c1O. The molecule has 3 aromatic rings. The maximum Gasteiger partial charge on any atom is 0.226 e. The van der Waals surface area contributed by atoms with Gasteiger partial charge in [-0.25, -0.2) is 9.07 Å². The molecule has 1 aliphatic rings. The number of carbonyl (C=O) groups excluding carboxylic acids is 1. The number of phenols is 1. The molecular weight excluding hydrogens is 365 g/mol. The third-order valence-electron chi connectivity index (χ3n) is 4.80. The van der Waals surface area contributed by atoms with Gasteiger partial charge in [0.1, 0.15) is 11.6 Å². The molecule has 1 aliphatic heterocycles. The van der Waals surface area contributed by atoms with E-state index in [9.17, 15) is 14.3 Å². The zero-order chi connectivity index (χ0) is 19.8. The molecule has 0 saturated carbocycles. The molecule has 144 valence electrons. The molecule has 0 saturated heterocycles. The first-order valence-corrected chi connectivity index (χ1v) is 8.60. The number of ether oxygens (including phenoxy) is 2. The maximum absolute atomic E-state index is 13.2. The van der Waals surface area contributed by atoms with Crippen LogP contribution in [0.1, 0.15) is 23.5 Å². The molecule has 2 N–H and O–H groups in total. The van der Waals surface area contributed by atoms with Crippen molar-refractivity contribution >= 4 is 11.7 Å². The summed E-state index contributed by atoms with van der Waals surface area (Å²) >= 11 is 0. The summed E-state index contributed by atoms with van der Waals surface area (Å²) in [5, 5.41) is 17.4. The van der Waals surface area contributed by atoms with Gasteiger partial charge in [0.25, 0.3) is 0 Å². The fourth-order valence-electron chi connectivity index (χ4n) is 3.41. The van der Waals surface area contributed by atoms with Crippen LogP contribution in [-0.4, -0.2) is 35.0 Å². The van der Waals surface area contributed by atoms with Gasteiger partial charge in [-0.1, -0.05) is 0 Å². The van der Waals surface area contributed by atoms with Crippen LogP contribution < -0.4 is 14.8 Å². The molecule has 1 atom stereocenters. The third kappa shape index (κ3) is 2.92. The van der Waals surface area contributed by atoms with E-state index in [1.165, 1.54) is 26.4 Å². The topological polar surface area (TPSA) is 85.6 Å². The summed E-state index contributed by atoms with van der Waals surface area (Å²) in [6, 6.07) is 9.21. The van der Waals surface area contributed by atoms with Gasteiger partial charge in [-0.3, -0.25) is 4.79 Å². The Kier molecular flexibility index (Phi) is 4.38. The molecule has 2 heterocycles. The first-order chi connectivity index (χ1) is 13.5. The van der Waals surface area contributed by atoms with Crippen molar-refractivity contribution < 1.29 is 23.8 Å². The summed E-state index contributed by atoms with van der Waals surface area (Å²) in [5.74, 6) is 0.111. The number of halogens is 1. The standard InChI is InChI=1S/C20H18FN3O4/c1-27-16-7-11(8-17(28-2)19(16)26)14-9-18(25)23-20-15(14)10-22-24(20)13-5-3-12(21)4-6-13/h3-8,10,14,26H,9H2,1-2H3,(H,23,25)/t14-/m0/s1. The molecular formula is C20H18FN3O4. The quantitative estimate of drug-likeness (QED) is 0.723. The zero-order valence-electron chi connectivity index (χ0n) is 15.3. The zero-order valence-corrected chi connectivity index (χ0v) is 15.3. The van der Waals surface area contributed by atoms with Gasteiger partial charge < -0.3 is 19.9 Å². The van der Waals surface area contributed by atoms with Crippen molar-refractivity contribution in [3.8, 4) is 22.9 Å². The summed E-state index contributed by atoms with van der Waals surface area (Å²) in [6.45, 7) is 0. The summed E-state index contributed by atoms with van der Waals surface area (Å²) in [4.78, 5) is 12.4. The summed E-state index contributed by atoms with van der Waals surface area (Å²) in [5.41, 5.74) is 2.18. The largest absolute Gasteiger partial charge is 0.502 e. The van der Waals surface area contributed by atoms with Crippen molar-refractivity contribution in [2.24, 2.45) is 0 Å². The fraction of sp³-hybridized carbons (Fsp3) is 0.200. The number of rotatable bonds is 4. The Hall–Kier alpha value is -3.55. The molecule has 0 aliphatic carbocycles.